The van der Waals surface area contributed by atoms with Gasteiger partial charge < -0.3 is 4.74 Å². The van der Waals surface area contributed by atoms with Crippen LogP contribution in [0.25, 0.3) is 0 Å². The SMILES string of the molecule is COc1ccccc1CC1CCCN1S(=O)(=O)c1ccccc1C(F)(F)F. The average molecular weight is 399 g/mol. The molecule has 0 radical (unpaired) electrons. The van der Waals surface area contributed by atoms with Gasteiger partial charge in [0, 0.05) is 12.6 Å². The van der Waals surface area contributed by atoms with E-state index < -0.39 is 32.7 Å². The van der Waals surface area contributed by atoms with Crippen molar-refractivity contribution in [2.75, 3.05) is 13.7 Å². The topological polar surface area (TPSA) is 46.6 Å². The van der Waals surface area contributed by atoms with E-state index in [1.807, 2.05) is 18.2 Å². The molecule has 0 amide bonds. The second-order valence-corrected chi connectivity index (χ2v) is 8.28. The van der Waals surface area contributed by atoms with Crippen LogP contribution in [0.4, 0.5) is 13.2 Å². The van der Waals surface area contributed by atoms with E-state index in [1.54, 1.807) is 6.07 Å². The van der Waals surface area contributed by atoms with E-state index in [1.165, 1.54) is 23.5 Å². The maximum Gasteiger partial charge on any atom is 0.417 e. The van der Waals surface area contributed by atoms with Gasteiger partial charge in [-0.05, 0) is 43.0 Å². The molecular formula is C19H20F3NO3S. The molecule has 1 aliphatic rings. The lowest BCUT2D eigenvalue weighted by atomic mass is 10.0. The van der Waals surface area contributed by atoms with Crippen LogP contribution in [0.1, 0.15) is 24.0 Å². The minimum absolute atomic E-state index is 0.203. The third-order valence-electron chi connectivity index (χ3n) is 4.75. The molecule has 1 unspecified atom stereocenters. The second kappa shape index (κ2) is 7.52. The maximum atomic E-state index is 13.3. The molecule has 2 aromatic carbocycles. The molecule has 0 spiro atoms. The number of ether oxygens (including phenoxy) is 1. The van der Waals surface area contributed by atoms with Gasteiger partial charge in [0.05, 0.1) is 17.6 Å². The summed E-state index contributed by atoms with van der Waals surface area (Å²) in [4.78, 5) is -0.690. The van der Waals surface area contributed by atoms with Crippen molar-refractivity contribution < 1.29 is 26.3 Å². The summed E-state index contributed by atoms with van der Waals surface area (Å²) in [7, 11) is -2.74. The maximum absolute atomic E-state index is 13.3. The standard InChI is InChI=1S/C19H20F3NO3S/c1-26-17-10-4-2-7-14(17)13-15-8-6-12-23(15)27(24,25)18-11-5-3-9-16(18)19(20,21)22/h2-5,7,9-11,15H,6,8,12-13H2,1H3. The quantitative estimate of drug-likeness (QED) is 0.760. The Morgan fingerprint density at radius 2 is 1.78 bits per heavy atom. The minimum atomic E-state index is -4.73. The molecule has 0 N–H and O–H groups in total. The van der Waals surface area contributed by atoms with Crippen LogP contribution in [-0.4, -0.2) is 32.4 Å². The predicted octanol–water partition coefficient (Wildman–Crippen LogP) is 4.11. The number of alkyl halides is 3. The Bertz CT molecular complexity index is 912. The summed E-state index contributed by atoms with van der Waals surface area (Å²) in [5, 5.41) is 0. The molecule has 1 aliphatic heterocycles. The smallest absolute Gasteiger partial charge is 0.417 e. The van der Waals surface area contributed by atoms with E-state index in [4.69, 9.17) is 4.74 Å². The van der Waals surface area contributed by atoms with Crippen LogP contribution in [0.2, 0.25) is 0 Å². The van der Waals surface area contributed by atoms with Gasteiger partial charge >= 0.3 is 6.18 Å². The molecule has 4 nitrogen and oxygen atoms in total. The van der Waals surface area contributed by atoms with E-state index >= 15 is 0 Å². The first-order valence-corrected chi connectivity index (χ1v) is 9.99. The number of hydrogen-bond donors (Lipinski definition) is 0. The molecule has 1 heterocycles. The van der Waals surface area contributed by atoms with E-state index in [2.05, 4.69) is 0 Å². The molecule has 2 aromatic rings. The zero-order valence-electron chi connectivity index (χ0n) is 14.7. The number of sulfonamides is 1. The van der Waals surface area contributed by atoms with E-state index in [-0.39, 0.29) is 6.54 Å². The molecule has 0 bridgehead atoms. The molecular weight excluding hydrogens is 379 g/mol. The lowest BCUT2D eigenvalue weighted by Gasteiger charge is -2.26. The molecule has 1 saturated heterocycles. The summed E-state index contributed by atoms with van der Waals surface area (Å²) in [6.07, 6.45) is -3.16. The first-order valence-electron chi connectivity index (χ1n) is 8.55. The summed E-state index contributed by atoms with van der Waals surface area (Å²) in [5.41, 5.74) is -0.302. The fourth-order valence-electron chi connectivity index (χ4n) is 3.51. The van der Waals surface area contributed by atoms with Crippen LogP contribution < -0.4 is 4.74 Å². The molecule has 3 rings (SSSR count). The van der Waals surface area contributed by atoms with Gasteiger partial charge in [-0.15, -0.1) is 0 Å². The summed E-state index contributed by atoms with van der Waals surface area (Å²) in [6.45, 7) is 0.203. The van der Waals surface area contributed by atoms with E-state index in [9.17, 15) is 21.6 Å². The highest BCUT2D eigenvalue weighted by Gasteiger charge is 2.42. The molecule has 0 saturated carbocycles. The lowest BCUT2D eigenvalue weighted by Crippen LogP contribution is -2.37. The Balaban J connectivity index is 1.95. The molecule has 1 atom stereocenters. The summed E-state index contributed by atoms with van der Waals surface area (Å²) in [6, 6.07) is 11.2. The van der Waals surface area contributed by atoms with Crippen molar-refractivity contribution in [1.29, 1.82) is 0 Å². The lowest BCUT2D eigenvalue weighted by molar-refractivity contribution is -0.139. The Kier molecular flexibility index (Phi) is 5.48. The van der Waals surface area contributed by atoms with Crippen molar-refractivity contribution in [3.63, 3.8) is 0 Å². The second-order valence-electron chi connectivity index (χ2n) is 6.42. The van der Waals surface area contributed by atoms with Crippen molar-refractivity contribution in [2.24, 2.45) is 0 Å². The molecule has 1 fully saturated rings. The highest BCUT2D eigenvalue weighted by Crippen LogP contribution is 2.37. The highest BCUT2D eigenvalue weighted by atomic mass is 32.2. The number of benzene rings is 2. The molecule has 8 heteroatoms. The fraction of sp³-hybridized carbons (Fsp3) is 0.368. The van der Waals surface area contributed by atoms with Crippen LogP contribution in [-0.2, 0) is 22.6 Å². The van der Waals surface area contributed by atoms with Crippen LogP contribution >= 0.6 is 0 Å². The highest BCUT2D eigenvalue weighted by molar-refractivity contribution is 7.89. The van der Waals surface area contributed by atoms with E-state index in [0.29, 0.717) is 25.0 Å². The van der Waals surface area contributed by atoms with Crippen LogP contribution in [0, 0.1) is 0 Å². The summed E-state index contributed by atoms with van der Waals surface area (Å²) < 4.78 is 72.5. The Labute approximate surface area is 156 Å². The number of para-hydroxylation sites is 1. The van der Waals surface area contributed by atoms with Crippen molar-refractivity contribution >= 4 is 10.0 Å². The van der Waals surface area contributed by atoms with Gasteiger partial charge in [-0.25, -0.2) is 8.42 Å². The van der Waals surface area contributed by atoms with Crippen molar-refractivity contribution in [3.8, 4) is 5.75 Å². The fourth-order valence-corrected chi connectivity index (χ4v) is 5.41. The van der Waals surface area contributed by atoms with Crippen molar-refractivity contribution in [3.05, 3.63) is 59.7 Å². The third kappa shape index (κ3) is 3.96. The minimum Gasteiger partial charge on any atom is -0.496 e. The first kappa shape index (κ1) is 19.7. The van der Waals surface area contributed by atoms with Gasteiger partial charge in [0.25, 0.3) is 0 Å². The number of methoxy groups -OCH3 is 1. The van der Waals surface area contributed by atoms with Crippen molar-refractivity contribution in [2.45, 2.75) is 36.4 Å². The number of nitrogens with zero attached hydrogens (tertiary/aromatic N) is 1. The molecule has 0 aromatic heterocycles. The third-order valence-corrected chi connectivity index (χ3v) is 6.76. The molecule has 0 aliphatic carbocycles. The van der Waals surface area contributed by atoms with Crippen molar-refractivity contribution in [1.82, 2.24) is 4.31 Å². The van der Waals surface area contributed by atoms with Crippen LogP contribution in [0.15, 0.2) is 53.4 Å². The number of rotatable bonds is 5. The van der Waals surface area contributed by atoms with Crippen LogP contribution in [0.3, 0.4) is 0 Å². The van der Waals surface area contributed by atoms with Gasteiger partial charge in [0.15, 0.2) is 0 Å². The van der Waals surface area contributed by atoms with Gasteiger partial charge in [-0.3, -0.25) is 0 Å². The largest absolute Gasteiger partial charge is 0.496 e. The van der Waals surface area contributed by atoms with Gasteiger partial charge in [0.2, 0.25) is 10.0 Å². The number of halogens is 3. The Morgan fingerprint density at radius 3 is 2.48 bits per heavy atom. The molecule has 146 valence electrons. The summed E-state index contributed by atoms with van der Waals surface area (Å²) in [5.74, 6) is 0.637. The van der Waals surface area contributed by atoms with Gasteiger partial charge in [0.1, 0.15) is 5.75 Å². The zero-order valence-corrected chi connectivity index (χ0v) is 15.6. The van der Waals surface area contributed by atoms with Gasteiger partial charge in [-0.1, -0.05) is 30.3 Å². The normalized spacial score (nSPS) is 18.6. The Hall–Kier alpha value is -2.06. The van der Waals surface area contributed by atoms with E-state index in [0.717, 1.165) is 17.7 Å². The average Bonchev–Trinajstić information content (AvgIpc) is 3.10. The van der Waals surface area contributed by atoms with Crippen LogP contribution in [0.5, 0.6) is 5.75 Å². The first-order chi connectivity index (χ1) is 12.7. The molecule has 27 heavy (non-hydrogen) atoms. The predicted molar refractivity (Wildman–Crippen MR) is 95.1 cm³/mol. The summed E-state index contributed by atoms with van der Waals surface area (Å²) >= 11 is 0. The zero-order chi connectivity index (χ0) is 19.7. The Morgan fingerprint density at radius 1 is 1.11 bits per heavy atom. The number of hydrogen-bond acceptors (Lipinski definition) is 3. The monoisotopic (exact) mass is 399 g/mol. The van der Waals surface area contributed by atoms with Gasteiger partial charge in [-0.2, -0.15) is 17.5 Å².